The van der Waals surface area contributed by atoms with Gasteiger partial charge < -0.3 is 30.3 Å². The molecule has 0 saturated heterocycles. The molecule has 0 fully saturated rings. The third kappa shape index (κ3) is 10.2. The van der Waals surface area contributed by atoms with Crippen molar-refractivity contribution >= 4 is 23.4 Å². The van der Waals surface area contributed by atoms with Crippen molar-refractivity contribution in [3.8, 4) is 22.5 Å². The first-order valence-corrected chi connectivity index (χ1v) is 17.3. The number of nitrogens with one attached hydrogen (secondary N) is 3. The molecule has 2 heterocycles. The maximum atomic E-state index is 13.8. The van der Waals surface area contributed by atoms with Crippen LogP contribution in [0.2, 0.25) is 0 Å². The van der Waals surface area contributed by atoms with Crippen molar-refractivity contribution < 1.29 is 23.9 Å². The van der Waals surface area contributed by atoms with Gasteiger partial charge in [0, 0.05) is 55.6 Å². The predicted octanol–water partition coefficient (Wildman–Crippen LogP) is 4.33. The van der Waals surface area contributed by atoms with Gasteiger partial charge in [0.25, 0.3) is 0 Å². The number of amides is 3. The van der Waals surface area contributed by atoms with Crippen molar-refractivity contribution in [3.05, 3.63) is 54.1 Å². The zero-order chi connectivity index (χ0) is 35.4. The van der Waals surface area contributed by atoms with Crippen molar-refractivity contribution in [2.45, 2.75) is 79.0 Å². The number of para-hydroxylation sites is 1. The summed E-state index contributed by atoms with van der Waals surface area (Å²) in [4.78, 5) is 40.7. The second-order valence-electron chi connectivity index (χ2n) is 13.6. The molecular formula is C37H53N7O5. The first kappa shape index (κ1) is 37.7. The Labute approximate surface area is 290 Å². The lowest BCUT2D eigenvalue weighted by molar-refractivity contribution is -0.131. The third-order valence-corrected chi connectivity index (χ3v) is 8.82. The lowest BCUT2D eigenvalue weighted by atomic mass is 9.88. The van der Waals surface area contributed by atoms with Crippen LogP contribution in [0.25, 0.3) is 22.5 Å². The van der Waals surface area contributed by atoms with Crippen LogP contribution >= 0.6 is 0 Å². The molecular weight excluding hydrogens is 622 g/mol. The summed E-state index contributed by atoms with van der Waals surface area (Å²) in [5.41, 5.74) is 4.05. The summed E-state index contributed by atoms with van der Waals surface area (Å²) < 4.78 is 13.7. The third-order valence-electron chi connectivity index (χ3n) is 8.82. The molecule has 1 aromatic heterocycles. The van der Waals surface area contributed by atoms with Gasteiger partial charge in [0.15, 0.2) is 0 Å². The summed E-state index contributed by atoms with van der Waals surface area (Å²) in [6.45, 7) is 13.9. The molecule has 0 atom stereocenters. The van der Waals surface area contributed by atoms with Crippen LogP contribution in [0.15, 0.2) is 48.5 Å². The number of hydrogen-bond acceptors (Lipinski definition) is 8. The highest BCUT2D eigenvalue weighted by atomic mass is 16.5. The van der Waals surface area contributed by atoms with Crippen LogP contribution in [0, 0.1) is 5.41 Å². The summed E-state index contributed by atoms with van der Waals surface area (Å²) in [6, 6.07) is 15.7. The van der Waals surface area contributed by atoms with Crippen LogP contribution in [-0.2, 0) is 36.9 Å². The summed E-state index contributed by atoms with van der Waals surface area (Å²) in [5, 5.41) is 18.0. The molecule has 0 aliphatic carbocycles. The fourth-order valence-corrected chi connectivity index (χ4v) is 5.74. The molecule has 4 rings (SSSR count). The largest absolute Gasteiger partial charge is 0.378 e. The average Bonchev–Trinajstić information content (AvgIpc) is 3.48. The molecule has 1 aliphatic rings. The Hall–Kier alpha value is -4.13. The number of fused-ring (bicyclic) bond motifs is 5. The van der Waals surface area contributed by atoms with E-state index in [9.17, 15) is 14.4 Å². The van der Waals surface area contributed by atoms with Crippen molar-refractivity contribution in [1.82, 2.24) is 30.9 Å². The Balaban J connectivity index is 1.38. The Morgan fingerprint density at radius 3 is 2.37 bits per heavy atom. The molecule has 12 nitrogen and oxygen atoms in total. The van der Waals surface area contributed by atoms with Gasteiger partial charge in [0.05, 0.1) is 43.3 Å². The van der Waals surface area contributed by atoms with E-state index in [1.54, 1.807) is 4.90 Å². The van der Waals surface area contributed by atoms with E-state index in [1.807, 2.05) is 94.9 Å². The fraction of sp³-hybridized carbons (Fsp3) is 0.541. The van der Waals surface area contributed by atoms with Crippen LogP contribution in [0.3, 0.4) is 0 Å². The number of aromatic nitrogens is 3. The monoisotopic (exact) mass is 675 g/mol. The smallest absolute Gasteiger partial charge is 0.227 e. The highest BCUT2D eigenvalue weighted by molar-refractivity contribution is 6.01. The van der Waals surface area contributed by atoms with E-state index in [0.717, 1.165) is 34.6 Å². The number of carbonyl (C=O) groups excluding carboxylic acids is 3. The molecule has 49 heavy (non-hydrogen) atoms. The van der Waals surface area contributed by atoms with E-state index in [2.05, 4.69) is 26.3 Å². The zero-order valence-electron chi connectivity index (χ0n) is 29.9. The lowest BCUT2D eigenvalue weighted by Gasteiger charge is -2.29. The number of likely N-dealkylation sites (N-methyl/N-ethyl adjacent to an activating group) is 1. The number of ether oxygens (including phenoxy) is 2. The molecule has 0 bridgehead atoms. The van der Waals surface area contributed by atoms with Crippen LogP contribution in [0.1, 0.15) is 65.9 Å². The first-order valence-electron chi connectivity index (χ1n) is 17.3. The number of benzene rings is 2. The minimum atomic E-state index is -0.524. The first-order chi connectivity index (χ1) is 23.5. The maximum absolute atomic E-state index is 13.8. The molecule has 1 aliphatic heterocycles. The van der Waals surface area contributed by atoms with E-state index in [-0.39, 0.29) is 30.6 Å². The Kier molecular flexibility index (Phi) is 13.5. The number of carbonyl (C=O) groups is 3. The number of anilines is 1. The second kappa shape index (κ2) is 17.5. The summed E-state index contributed by atoms with van der Waals surface area (Å²) in [6.07, 6.45) is 1.30. The summed E-state index contributed by atoms with van der Waals surface area (Å²) >= 11 is 0. The molecule has 0 spiro atoms. The highest BCUT2D eigenvalue weighted by Crippen LogP contribution is 2.41. The summed E-state index contributed by atoms with van der Waals surface area (Å²) in [5.74, 6) is -0.328. The van der Waals surface area contributed by atoms with E-state index in [0.29, 0.717) is 64.5 Å². The lowest BCUT2D eigenvalue weighted by Crippen LogP contribution is -2.39. The van der Waals surface area contributed by atoms with Gasteiger partial charge in [-0.05, 0) is 52.3 Å². The molecule has 3 aromatic rings. The van der Waals surface area contributed by atoms with Crippen molar-refractivity contribution in [3.63, 3.8) is 0 Å². The highest BCUT2D eigenvalue weighted by Gasteiger charge is 2.30. The Bertz CT molecular complexity index is 1570. The van der Waals surface area contributed by atoms with Crippen LogP contribution in [0.5, 0.6) is 0 Å². The molecule has 3 N–H and O–H groups in total. The van der Waals surface area contributed by atoms with Crippen LogP contribution in [0.4, 0.5) is 5.69 Å². The number of hydrogen-bond donors (Lipinski definition) is 3. The normalized spacial score (nSPS) is 12.7. The SMILES string of the molecule is CCNC(=O)C(C)(C)CCOC(C)(C)CCNC(=O)CCC(=O)N1Cc2ccccc2-c2c(nnn2CCOCCNC)-c2ccccc21. The van der Waals surface area contributed by atoms with Crippen molar-refractivity contribution in [2.75, 3.05) is 51.4 Å². The predicted molar refractivity (Wildman–Crippen MR) is 191 cm³/mol. The van der Waals surface area contributed by atoms with Gasteiger partial charge in [-0.2, -0.15) is 0 Å². The second-order valence-corrected chi connectivity index (χ2v) is 13.6. The maximum Gasteiger partial charge on any atom is 0.227 e. The Morgan fingerprint density at radius 1 is 0.878 bits per heavy atom. The molecule has 0 radical (unpaired) electrons. The quantitative estimate of drug-likeness (QED) is 0.170. The molecule has 0 unspecified atom stereocenters. The van der Waals surface area contributed by atoms with E-state index in [4.69, 9.17) is 9.47 Å². The minimum Gasteiger partial charge on any atom is -0.378 e. The average molecular weight is 676 g/mol. The van der Waals surface area contributed by atoms with Gasteiger partial charge in [0.1, 0.15) is 5.69 Å². The molecule has 12 heteroatoms. The van der Waals surface area contributed by atoms with Gasteiger partial charge in [-0.3, -0.25) is 14.4 Å². The topological polar surface area (TPSA) is 140 Å². The van der Waals surface area contributed by atoms with E-state index < -0.39 is 11.0 Å². The minimum absolute atomic E-state index is 0.0106. The van der Waals surface area contributed by atoms with Gasteiger partial charge in [-0.1, -0.05) is 61.5 Å². The summed E-state index contributed by atoms with van der Waals surface area (Å²) in [7, 11) is 1.89. The molecule has 2 aromatic carbocycles. The van der Waals surface area contributed by atoms with E-state index >= 15 is 0 Å². The van der Waals surface area contributed by atoms with Gasteiger partial charge >= 0.3 is 0 Å². The molecule has 3 amide bonds. The van der Waals surface area contributed by atoms with Crippen LogP contribution in [-0.4, -0.2) is 84.8 Å². The van der Waals surface area contributed by atoms with Gasteiger partial charge in [-0.25, -0.2) is 4.68 Å². The zero-order valence-corrected chi connectivity index (χ0v) is 29.9. The van der Waals surface area contributed by atoms with Crippen molar-refractivity contribution in [1.29, 1.82) is 0 Å². The van der Waals surface area contributed by atoms with Crippen molar-refractivity contribution in [2.24, 2.45) is 5.41 Å². The fourth-order valence-electron chi connectivity index (χ4n) is 5.74. The van der Waals surface area contributed by atoms with Crippen LogP contribution < -0.4 is 20.9 Å². The Morgan fingerprint density at radius 2 is 1.61 bits per heavy atom. The molecule has 0 saturated carbocycles. The standard InChI is InChI=1S/C37H53N7O5/c1-7-39-35(47)36(2,3)19-23-49-37(4,5)18-20-40-31(45)16-17-32(46)43-26-27-12-8-9-13-28(27)34-33(29-14-10-11-15-30(29)43)41-42-44(34)22-25-48-24-21-38-6/h8-15,38H,7,16-26H2,1-6H3,(H,39,47)(H,40,45). The van der Waals surface area contributed by atoms with Gasteiger partial charge in [0.2, 0.25) is 17.7 Å². The van der Waals surface area contributed by atoms with Gasteiger partial charge in [-0.15, -0.1) is 5.10 Å². The van der Waals surface area contributed by atoms with E-state index in [1.165, 1.54) is 0 Å². The molecule has 266 valence electrons. The number of rotatable bonds is 18. The number of nitrogens with zero attached hydrogens (tertiary/aromatic N) is 4.